The molecule has 1 atom stereocenters. The zero-order chi connectivity index (χ0) is 12.3. The van der Waals surface area contributed by atoms with Crippen molar-refractivity contribution in [2.45, 2.75) is 58.3 Å². The summed E-state index contributed by atoms with van der Waals surface area (Å²) in [4.78, 5) is 0. The van der Waals surface area contributed by atoms with Gasteiger partial charge in [0.25, 0.3) is 0 Å². The van der Waals surface area contributed by atoms with Crippen molar-refractivity contribution in [3.05, 3.63) is 0 Å². The van der Waals surface area contributed by atoms with Crippen molar-refractivity contribution >= 4 is 0 Å². The third kappa shape index (κ3) is 1.43. The number of hydrogen-bond donors (Lipinski definition) is 1. The first-order valence-electron chi connectivity index (χ1n) is 8.43. The van der Waals surface area contributed by atoms with Gasteiger partial charge in [0.15, 0.2) is 0 Å². The first-order chi connectivity index (χ1) is 8.73. The van der Waals surface area contributed by atoms with E-state index in [1.165, 1.54) is 19.3 Å². The third-order valence-corrected chi connectivity index (χ3v) is 7.51. The van der Waals surface area contributed by atoms with Gasteiger partial charge in [0, 0.05) is 0 Å². The zero-order valence-corrected chi connectivity index (χ0v) is 11.9. The summed E-state index contributed by atoms with van der Waals surface area (Å²) in [5.74, 6) is 6.26. The maximum atomic E-state index is 6.06. The molecule has 0 spiro atoms. The van der Waals surface area contributed by atoms with E-state index in [0.717, 1.165) is 42.1 Å². The summed E-state index contributed by atoms with van der Waals surface area (Å²) in [6.45, 7) is 3.37. The summed E-state index contributed by atoms with van der Waals surface area (Å²) in [5, 5.41) is 0. The van der Waals surface area contributed by atoms with Crippen molar-refractivity contribution in [1.82, 2.24) is 0 Å². The highest BCUT2D eigenvalue weighted by atomic mass is 14.7. The van der Waals surface area contributed by atoms with Crippen LogP contribution >= 0.6 is 0 Å². The normalized spacial score (nSPS) is 50.0. The summed E-state index contributed by atoms with van der Waals surface area (Å²) in [6.07, 6.45) is 12.4. The average Bonchev–Trinajstić information content (AvgIpc) is 2.29. The molecule has 4 bridgehead atoms. The molecule has 5 rings (SSSR count). The van der Waals surface area contributed by atoms with Crippen LogP contribution in [-0.4, -0.2) is 6.54 Å². The molecule has 18 heavy (non-hydrogen) atoms. The third-order valence-electron chi connectivity index (χ3n) is 7.51. The van der Waals surface area contributed by atoms with Gasteiger partial charge < -0.3 is 5.73 Å². The van der Waals surface area contributed by atoms with Crippen molar-refractivity contribution in [1.29, 1.82) is 0 Å². The van der Waals surface area contributed by atoms with Crippen LogP contribution in [0.25, 0.3) is 0 Å². The second-order valence-corrected chi connectivity index (χ2v) is 8.18. The average molecular weight is 247 g/mol. The molecule has 0 heterocycles. The molecule has 102 valence electrons. The lowest BCUT2D eigenvalue weighted by molar-refractivity contribution is -0.145. The van der Waals surface area contributed by atoms with E-state index in [1.807, 2.05) is 0 Å². The molecule has 5 saturated carbocycles. The minimum Gasteiger partial charge on any atom is -0.330 e. The topological polar surface area (TPSA) is 26.0 Å². The molecule has 5 aliphatic carbocycles. The van der Waals surface area contributed by atoms with Crippen LogP contribution in [0.15, 0.2) is 0 Å². The Labute approximate surface area is 112 Å². The van der Waals surface area contributed by atoms with Gasteiger partial charge in [0.05, 0.1) is 0 Å². The van der Waals surface area contributed by atoms with E-state index < -0.39 is 0 Å². The second kappa shape index (κ2) is 3.98. The predicted octanol–water partition coefficient (Wildman–Crippen LogP) is 3.82. The molecule has 0 amide bonds. The molecule has 0 aromatic heterocycles. The Morgan fingerprint density at radius 1 is 1.00 bits per heavy atom. The molecular weight excluding hydrogens is 218 g/mol. The van der Waals surface area contributed by atoms with Gasteiger partial charge in [-0.25, -0.2) is 0 Å². The van der Waals surface area contributed by atoms with Gasteiger partial charge in [0.1, 0.15) is 0 Å². The van der Waals surface area contributed by atoms with Gasteiger partial charge in [-0.1, -0.05) is 13.3 Å². The van der Waals surface area contributed by atoms with Crippen LogP contribution in [-0.2, 0) is 0 Å². The van der Waals surface area contributed by atoms with Crippen LogP contribution in [0, 0.1) is 40.9 Å². The minimum atomic E-state index is 0.678. The van der Waals surface area contributed by atoms with E-state index in [9.17, 15) is 0 Å². The molecule has 5 fully saturated rings. The Balaban J connectivity index is 1.64. The van der Waals surface area contributed by atoms with Gasteiger partial charge >= 0.3 is 0 Å². The molecule has 5 aliphatic rings. The fraction of sp³-hybridized carbons (Fsp3) is 1.00. The first-order valence-corrected chi connectivity index (χ1v) is 8.43. The fourth-order valence-electron chi connectivity index (χ4n) is 6.84. The maximum Gasteiger partial charge on any atom is -0.00461 e. The summed E-state index contributed by atoms with van der Waals surface area (Å²) < 4.78 is 0. The molecule has 0 radical (unpaired) electrons. The zero-order valence-electron chi connectivity index (χ0n) is 11.9. The van der Waals surface area contributed by atoms with E-state index in [4.69, 9.17) is 5.73 Å². The van der Waals surface area contributed by atoms with Crippen molar-refractivity contribution in [3.8, 4) is 0 Å². The molecular formula is C17H29N. The lowest BCUT2D eigenvalue weighted by Crippen LogP contribution is -2.57. The van der Waals surface area contributed by atoms with Crippen molar-refractivity contribution in [2.75, 3.05) is 6.54 Å². The van der Waals surface area contributed by atoms with E-state index in [2.05, 4.69) is 6.92 Å². The molecule has 0 saturated heterocycles. The Morgan fingerprint density at radius 3 is 1.94 bits per heavy atom. The second-order valence-electron chi connectivity index (χ2n) is 8.18. The van der Waals surface area contributed by atoms with Crippen molar-refractivity contribution in [2.24, 2.45) is 46.7 Å². The smallest absolute Gasteiger partial charge is 0.00461 e. The van der Waals surface area contributed by atoms with Gasteiger partial charge in [0.2, 0.25) is 0 Å². The lowest BCUT2D eigenvalue weighted by atomic mass is 9.41. The number of rotatable bonds is 3. The standard InChI is InChI=1S/C17H29N/c1-11(10-18)17(3-2-4-17)16-14-6-12-5-13(8-14)9-15(16)7-12/h11-16H,2-10,18H2,1H3. The Hall–Kier alpha value is -0.0400. The SMILES string of the molecule is CC(CN)C1(C2C3CC4CC(C3)CC2C4)CCC1. The highest BCUT2D eigenvalue weighted by Gasteiger charge is 2.58. The Kier molecular flexibility index (Phi) is 2.60. The molecule has 1 heteroatoms. The predicted molar refractivity (Wildman–Crippen MR) is 75.0 cm³/mol. The summed E-state index contributed by atoms with van der Waals surface area (Å²) >= 11 is 0. The van der Waals surface area contributed by atoms with E-state index in [0.29, 0.717) is 5.41 Å². The van der Waals surface area contributed by atoms with Crippen LogP contribution in [0.4, 0.5) is 0 Å². The first kappa shape index (κ1) is 11.8. The molecule has 0 aliphatic heterocycles. The summed E-state index contributed by atoms with van der Waals surface area (Å²) in [6, 6.07) is 0. The van der Waals surface area contributed by atoms with Crippen LogP contribution in [0.3, 0.4) is 0 Å². The number of hydrogen-bond acceptors (Lipinski definition) is 1. The largest absolute Gasteiger partial charge is 0.330 e. The molecule has 2 N–H and O–H groups in total. The monoisotopic (exact) mass is 247 g/mol. The Bertz CT molecular complexity index is 303. The maximum absolute atomic E-state index is 6.06. The van der Waals surface area contributed by atoms with Gasteiger partial charge in [-0.2, -0.15) is 0 Å². The van der Waals surface area contributed by atoms with Crippen LogP contribution in [0.2, 0.25) is 0 Å². The Morgan fingerprint density at radius 2 is 1.56 bits per heavy atom. The van der Waals surface area contributed by atoms with E-state index in [-0.39, 0.29) is 0 Å². The van der Waals surface area contributed by atoms with E-state index in [1.54, 1.807) is 32.1 Å². The van der Waals surface area contributed by atoms with Crippen LogP contribution in [0.1, 0.15) is 58.3 Å². The van der Waals surface area contributed by atoms with Gasteiger partial charge in [-0.05, 0) is 92.4 Å². The van der Waals surface area contributed by atoms with Crippen molar-refractivity contribution < 1.29 is 0 Å². The van der Waals surface area contributed by atoms with Gasteiger partial charge in [-0.3, -0.25) is 0 Å². The minimum absolute atomic E-state index is 0.678. The highest BCUT2D eigenvalue weighted by molar-refractivity contribution is 5.08. The highest BCUT2D eigenvalue weighted by Crippen LogP contribution is 2.66. The van der Waals surface area contributed by atoms with Crippen LogP contribution < -0.4 is 5.73 Å². The lowest BCUT2D eigenvalue weighted by Gasteiger charge is -2.64. The molecule has 1 nitrogen and oxygen atoms in total. The number of nitrogens with two attached hydrogens (primary N) is 1. The summed E-state index contributed by atoms with van der Waals surface area (Å²) in [7, 11) is 0. The fourth-order valence-corrected chi connectivity index (χ4v) is 6.84. The molecule has 0 aromatic rings. The summed E-state index contributed by atoms with van der Waals surface area (Å²) in [5.41, 5.74) is 6.74. The molecule has 1 unspecified atom stereocenters. The van der Waals surface area contributed by atoms with E-state index >= 15 is 0 Å². The van der Waals surface area contributed by atoms with Crippen molar-refractivity contribution in [3.63, 3.8) is 0 Å². The van der Waals surface area contributed by atoms with Crippen LogP contribution in [0.5, 0.6) is 0 Å². The molecule has 0 aromatic carbocycles. The van der Waals surface area contributed by atoms with Gasteiger partial charge in [-0.15, -0.1) is 0 Å². The quantitative estimate of drug-likeness (QED) is 0.806.